The minimum absolute atomic E-state index is 0.0124. The molecule has 0 bridgehead atoms. The number of nitrogens with one attached hydrogen (secondary N) is 2. The molecule has 94 valence electrons. The topological polar surface area (TPSA) is 96.9 Å². The van der Waals surface area contributed by atoms with Crippen LogP contribution in [0, 0.1) is 4.77 Å². The van der Waals surface area contributed by atoms with Crippen molar-refractivity contribution in [3.63, 3.8) is 0 Å². The van der Waals surface area contributed by atoms with Crippen molar-refractivity contribution in [3.8, 4) is 0 Å². The van der Waals surface area contributed by atoms with Crippen LogP contribution in [0.4, 0.5) is 0 Å². The van der Waals surface area contributed by atoms with Crippen LogP contribution in [0.2, 0.25) is 0 Å². The smallest absolute Gasteiger partial charge is 0.331 e. The van der Waals surface area contributed by atoms with Crippen molar-refractivity contribution in [1.29, 1.82) is 0 Å². The molecule has 0 saturated heterocycles. The minimum Gasteiger partial charge on any atom is -0.466 e. The number of H-pyrrole nitrogens is 2. The Morgan fingerprint density at radius 1 is 1.35 bits per heavy atom. The fraction of sp³-hybridized carbons (Fsp3) is 0.556. The van der Waals surface area contributed by atoms with Crippen LogP contribution in [0.3, 0.4) is 0 Å². The second-order valence-corrected chi connectivity index (χ2v) is 3.66. The quantitative estimate of drug-likeness (QED) is 0.570. The van der Waals surface area contributed by atoms with E-state index >= 15 is 0 Å². The van der Waals surface area contributed by atoms with E-state index in [9.17, 15) is 14.4 Å². The molecule has 1 aromatic heterocycles. The van der Waals surface area contributed by atoms with Crippen molar-refractivity contribution < 1.29 is 9.53 Å². The highest BCUT2D eigenvalue weighted by atomic mass is 32.1. The lowest BCUT2D eigenvalue weighted by Crippen LogP contribution is -2.37. The summed E-state index contributed by atoms with van der Waals surface area (Å²) in [5.74, 6) is -0.346. The predicted molar refractivity (Wildman–Crippen MR) is 62.4 cm³/mol. The molecule has 0 fully saturated rings. The third kappa shape index (κ3) is 3.99. The monoisotopic (exact) mass is 259 g/mol. The summed E-state index contributed by atoms with van der Waals surface area (Å²) >= 11 is 4.64. The van der Waals surface area contributed by atoms with Crippen molar-refractivity contribution in [2.75, 3.05) is 6.61 Å². The maximum absolute atomic E-state index is 11.4. The molecule has 0 amide bonds. The fourth-order valence-electron chi connectivity index (χ4n) is 1.27. The van der Waals surface area contributed by atoms with Crippen LogP contribution in [0.25, 0.3) is 0 Å². The second-order valence-electron chi connectivity index (χ2n) is 3.25. The van der Waals surface area contributed by atoms with Crippen LogP contribution in [-0.4, -0.2) is 27.1 Å². The van der Waals surface area contributed by atoms with Crippen LogP contribution < -0.4 is 11.4 Å². The van der Waals surface area contributed by atoms with Crippen molar-refractivity contribution in [3.05, 3.63) is 25.7 Å². The van der Waals surface area contributed by atoms with Gasteiger partial charge in [0.1, 0.15) is 0 Å². The number of rotatable bonds is 5. The first-order valence-corrected chi connectivity index (χ1v) is 5.54. The van der Waals surface area contributed by atoms with Gasteiger partial charge in [0.05, 0.1) is 6.61 Å². The molecule has 0 radical (unpaired) electrons. The molecule has 0 aliphatic rings. The standard InChI is InChI=1S/C9H13N3O4S/c1-2-16-6(13)4-3-5-12-8(14)10-7(17)11-9(12)15/h2-5H2,1H3,(H2,10,11,14,15,17). The van der Waals surface area contributed by atoms with E-state index < -0.39 is 11.4 Å². The lowest BCUT2D eigenvalue weighted by molar-refractivity contribution is -0.143. The molecule has 0 atom stereocenters. The van der Waals surface area contributed by atoms with Gasteiger partial charge in [-0.2, -0.15) is 0 Å². The lowest BCUT2D eigenvalue weighted by atomic mass is 10.3. The average Bonchev–Trinajstić information content (AvgIpc) is 2.22. The van der Waals surface area contributed by atoms with Crippen LogP contribution in [0.15, 0.2) is 9.59 Å². The molecule has 1 heterocycles. The molecule has 7 nitrogen and oxygen atoms in total. The van der Waals surface area contributed by atoms with Gasteiger partial charge in [0.25, 0.3) is 0 Å². The van der Waals surface area contributed by atoms with Crippen LogP contribution in [0.1, 0.15) is 19.8 Å². The van der Waals surface area contributed by atoms with Crippen molar-refractivity contribution in [2.24, 2.45) is 0 Å². The highest BCUT2D eigenvalue weighted by molar-refractivity contribution is 7.71. The van der Waals surface area contributed by atoms with Gasteiger partial charge in [-0.25, -0.2) is 14.2 Å². The number of aromatic nitrogens is 3. The van der Waals surface area contributed by atoms with E-state index in [1.807, 2.05) is 0 Å². The van der Waals surface area contributed by atoms with Gasteiger partial charge in [0.15, 0.2) is 4.77 Å². The first kappa shape index (κ1) is 13.4. The summed E-state index contributed by atoms with van der Waals surface area (Å²) in [6, 6.07) is 0. The van der Waals surface area contributed by atoms with Gasteiger partial charge in [0, 0.05) is 13.0 Å². The Morgan fingerprint density at radius 2 is 1.94 bits per heavy atom. The highest BCUT2D eigenvalue weighted by Crippen LogP contribution is 1.93. The number of hydrogen-bond donors (Lipinski definition) is 2. The molecule has 0 aliphatic carbocycles. The van der Waals surface area contributed by atoms with Gasteiger partial charge in [-0.1, -0.05) is 0 Å². The van der Waals surface area contributed by atoms with Crippen molar-refractivity contribution >= 4 is 18.2 Å². The summed E-state index contributed by atoms with van der Waals surface area (Å²) in [5, 5.41) is 0. The first-order chi connectivity index (χ1) is 8.04. The molecule has 8 heteroatoms. The SMILES string of the molecule is CCOC(=O)CCCn1c(=O)[nH]c(=S)[nH]c1=O. The molecule has 1 rings (SSSR count). The van der Waals surface area contributed by atoms with Crippen LogP contribution in [-0.2, 0) is 16.1 Å². The zero-order valence-corrected chi connectivity index (χ0v) is 10.1. The summed E-state index contributed by atoms with van der Waals surface area (Å²) in [6.45, 7) is 2.17. The van der Waals surface area contributed by atoms with E-state index in [4.69, 9.17) is 4.74 Å². The first-order valence-electron chi connectivity index (χ1n) is 5.13. The van der Waals surface area contributed by atoms with E-state index in [2.05, 4.69) is 22.2 Å². The molecule has 0 aliphatic heterocycles. The number of carbonyl (C=O) groups excluding carboxylic acids is 1. The Balaban J connectivity index is 2.65. The Bertz CT molecular complexity index is 522. The second kappa shape index (κ2) is 6.14. The predicted octanol–water partition coefficient (Wildman–Crippen LogP) is -0.0625. The summed E-state index contributed by atoms with van der Waals surface area (Å²) in [7, 11) is 0. The largest absolute Gasteiger partial charge is 0.466 e. The number of esters is 1. The number of ether oxygens (including phenoxy) is 1. The zero-order chi connectivity index (χ0) is 12.8. The normalized spacial score (nSPS) is 10.2. The van der Waals surface area contributed by atoms with Crippen molar-refractivity contribution in [1.82, 2.24) is 14.5 Å². The van der Waals surface area contributed by atoms with Crippen LogP contribution >= 0.6 is 12.2 Å². The zero-order valence-electron chi connectivity index (χ0n) is 9.32. The van der Waals surface area contributed by atoms with E-state index in [0.717, 1.165) is 4.57 Å². The molecule has 2 N–H and O–H groups in total. The maximum Gasteiger partial charge on any atom is 0.331 e. The summed E-state index contributed by atoms with van der Waals surface area (Å²) < 4.78 is 5.66. The number of hydrogen-bond acceptors (Lipinski definition) is 5. The van der Waals surface area contributed by atoms with Gasteiger partial charge < -0.3 is 4.74 Å². The molecule has 0 spiro atoms. The minimum atomic E-state index is -0.581. The molecule has 0 saturated carbocycles. The van der Waals surface area contributed by atoms with E-state index in [1.165, 1.54) is 0 Å². The van der Waals surface area contributed by atoms with Gasteiger partial charge in [-0.3, -0.25) is 14.8 Å². The van der Waals surface area contributed by atoms with E-state index in [1.54, 1.807) is 6.92 Å². The summed E-state index contributed by atoms with van der Waals surface area (Å²) in [6.07, 6.45) is 0.516. The lowest BCUT2D eigenvalue weighted by Gasteiger charge is -2.03. The Hall–Kier alpha value is -1.70. The van der Waals surface area contributed by atoms with Gasteiger partial charge in [0.2, 0.25) is 0 Å². The van der Waals surface area contributed by atoms with Gasteiger partial charge >= 0.3 is 17.3 Å². The third-order valence-electron chi connectivity index (χ3n) is 2.00. The van der Waals surface area contributed by atoms with Crippen LogP contribution in [0.5, 0.6) is 0 Å². The highest BCUT2D eigenvalue weighted by Gasteiger charge is 2.04. The summed E-state index contributed by atoms with van der Waals surface area (Å²) in [4.78, 5) is 38.4. The Labute approximate surface area is 101 Å². The van der Waals surface area contributed by atoms with Gasteiger partial charge in [-0.05, 0) is 25.6 Å². The Kier molecular flexibility index (Phi) is 4.83. The third-order valence-corrected chi connectivity index (χ3v) is 2.20. The maximum atomic E-state index is 11.4. The number of aromatic amines is 2. The fourth-order valence-corrected chi connectivity index (χ4v) is 1.45. The van der Waals surface area contributed by atoms with E-state index in [-0.39, 0.29) is 23.7 Å². The average molecular weight is 259 g/mol. The Morgan fingerprint density at radius 3 is 2.47 bits per heavy atom. The van der Waals surface area contributed by atoms with Crippen molar-refractivity contribution in [2.45, 2.75) is 26.3 Å². The molecule has 17 heavy (non-hydrogen) atoms. The van der Waals surface area contributed by atoms with E-state index in [0.29, 0.717) is 13.0 Å². The number of nitrogens with zero attached hydrogens (tertiary/aromatic N) is 1. The molecule has 1 aromatic rings. The van der Waals surface area contributed by atoms with Gasteiger partial charge in [-0.15, -0.1) is 0 Å². The molecule has 0 aromatic carbocycles. The molecule has 0 unspecified atom stereocenters. The number of carbonyl (C=O) groups is 1. The molecular formula is C9H13N3O4S. The molecular weight excluding hydrogens is 246 g/mol. The summed E-state index contributed by atoms with van der Waals surface area (Å²) in [5.41, 5.74) is -1.16.